The third kappa shape index (κ3) is 4.19. The van der Waals surface area contributed by atoms with Crippen molar-refractivity contribution in [3.8, 4) is 0 Å². The predicted molar refractivity (Wildman–Crippen MR) is 88.7 cm³/mol. The highest BCUT2D eigenvalue weighted by Crippen LogP contribution is 2.25. The molecule has 1 aliphatic carbocycles. The van der Waals surface area contributed by atoms with Crippen LogP contribution in [0.25, 0.3) is 0 Å². The molecule has 0 aromatic heterocycles. The van der Waals surface area contributed by atoms with Crippen molar-refractivity contribution in [3.63, 3.8) is 0 Å². The molecule has 1 saturated heterocycles. The number of morpholine rings is 1. The Morgan fingerprint density at radius 1 is 1.23 bits per heavy atom. The van der Waals surface area contributed by atoms with Gasteiger partial charge in [-0.25, -0.2) is 0 Å². The van der Waals surface area contributed by atoms with Crippen LogP contribution in [0.2, 0.25) is 0 Å². The van der Waals surface area contributed by atoms with Crippen molar-refractivity contribution < 1.29 is 9.84 Å². The van der Waals surface area contributed by atoms with Crippen LogP contribution >= 0.6 is 0 Å². The molecule has 0 spiro atoms. The molecule has 1 N–H and O–H groups in total. The van der Waals surface area contributed by atoms with Gasteiger partial charge >= 0.3 is 0 Å². The van der Waals surface area contributed by atoms with Crippen molar-refractivity contribution >= 4 is 0 Å². The first-order valence-electron chi connectivity index (χ1n) is 8.52. The van der Waals surface area contributed by atoms with Gasteiger partial charge < -0.3 is 9.84 Å². The third-order valence-electron chi connectivity index (χ3n) is 4.90. The quantitative estimate of drug-likeness (QED) is 0.848. The second-order valence-corrected chi connectivity index (χ2v) is 6.54. The summed E-state index contributed by atoms with van der Waals surface area (Å²) in [6.45, 7) is 3.69. The molecular weight excluding hydrogens is 274 g/mol. The van der Waals surface area contributed by atoms with Crippen LogP contribution < -0.4 is 0 Å². The van der Waals surface area contributed by atoms with Gasteiger partial charge in [-0.2, -0.15) is 0 Å². The Labute approximate surface area is 133 Å². The summed E-state index contributed by atoms with van der Waals surface area (Å²) in [5.41, 5.74) is 1.01. The van der Waals surface area contributed by atoms with Crippen LogP contribution in [0.4, 0.5) is 0 Å². The first-order chi connectivity index (χ1) is 10.8. The van der Waals surface area contributed by atoms with E-state index in [-0.39, 0.29) is 0 Å². The molecule has 1 aliphatic heterocycles. The fourth-order valence-corrected chi connectivity index (χ4v) is 3.57. The van der Waals surface area contributed by atoms with Gasteiger partial charge in [0, 0.05) is 19.1 Å². The zero-order valence-electron chi connectivity index (χ0n) is 13.2. The summed E-state index contributed by atoms with van der Waals surface area (Å²) in [6.07, 6.45) is 8.68. The summed E-state index contributed by atoms with van der Waals surface area (Å²) < 4.78 is 5.67. The van der Waals surface area contributed by atoms with E-state index >= 15 is 0 Å². The molecule has 1 fully saturated rings. The average molecular weight is 301 g/mol. The van der Waals surface area contributed by atoms with Crippen molar-refractivity contribution in [1.82, 2.24) is 4.90 Å². The lowest BCUT2D eigenvalue weighted by Crippen LogP contribution is -2.48. The molecule has 3 unspecified atom stereocenters. The molecule has 0 radical (unpaired) electrons. The lowest BCUT2D eigenvalue weighted by Gasteiger charge is -2.39. The van der Waals surface area contributed by atoms with Crippen LogP contribution in [0, 0.1) is 5.92 Å². The van der Waals surface area contributed by atoms with Gasteiger partial charge in [0.15, 0.2) is 0 Å². The highest BCUT2D eigenvalue weighted by atomic mass is 16.5. The average Bonchev–Trinajstić information content (AvgIpc) is 2.58. The zero-order chi connectivity index (χ0) is 15.2. The fourth-order valence-electron chi connectivity index (χ4n) is 3.57. The Bertz CT molecular complexity index is 474. The number of aliphatic hydroxyl groups is 1. The molecule has 1 aromatic rings. The number of nitrogens with zero attached hydrogens (tertiary/aromatic N) is 1. The van der Waals surface area contributed by atoms with E-state index in [1.807, 2.05) is 30.3 Å². The molecule has 0 saturated carbocycles. The summed E-state index contributed by atoms with van der Waals surface area (Å²) in [7, 11) is 0. The summed E-state index contributed by atoms with van der Waals surface area (Å²) >= 11 is 0. The largest absolute Gasteiger partial charge is 0.388 e. The maximum atomic E-state index is 10.5. The fraction of sp³-hybridized carbons (Fsp3) is 0.579. The van der Waals surface area contributed by atoms with Crippen LogP contribution in [0.15, 0.2) is 42.5 Å². The molecule has 3 heteroatoms. The van der Waals surface area contributed by atoms with Crippen LogP contribution in [0.3, 0.4) is 0 Å². The zero-order valence-corrected chi connectivity index (χ0v) is 13.2. The number of allylic oxidation sites excluding steroid dienone is 2. The molecule has 3 atom stereocenters. The van der Waals surface area contributed by atoms with Gasteiger partial charge in [0.25, 0.3) is 0 Å². The number of benzene rings is 1. The first kappa shape index (κ1) is 15.7. The highest BCUT2D eigenvalue weighted by molar-refractivity contribution is 5.17. The smallest absolute Gasteiger partial charge is 0.0805 e. The van der Waals surface area contributed by atoms with E-state index in [0.717, 1.165) is 44.2 Å². The van der Waals surface area contributed by atoms with Crippen molar-refractivity contribution in [2.45, 2.75) is 37.8 Å². The standard InChI is InChI=1S/C19H27NO2/c21-19(17-9-5-2-6-10-17)13-18-15-22-12-11-20(18)14-16-7-3-1-4-8-16/h1-3,5-6,9-10,16,18-19,21H,4,7-8,11-15H2. The summed E-state index contributed by atoms with van der Waals surface area (Å²) in [5, 5.41) is 10.5. The maximum Gasteiger partial charge on any atom is 0.0805 e. The molecule has 3 nitrogen and oxygen atoms in total. The van der Waals surface area contributed by atoms with Crippen molar-refractivity contribution in [2.75, 3.05) is 26.3 Å². The molecule has 120 valence electrons. The SMILES string of the molecule is OC(CC1COCCN1CC1CC=CCC1)c1ccccc1. The Kier molecular flexibility index (Phi) is 5.65. The normalized spacial score (nSPS) is 27.7. The Morgan fingerprint density at radius 3 is 2.86 bits per heavy atom. The van der Waals surface area contributed by atoms with Gasteiger partial charge in [0.05, 0.1) is 19.3 Å². The monoisotopic (exact) mass is 301 g/mol. The van der Waals surface area contributed by atoms with Crippen LogP contribution in [0.1, 0.15) is 37.4 Å². The van der Waals surface area contributed by atoms with Gasteiger partial charge in [-0.3, -0.25) is 4.90 Å². The lowest BCUT2D eigenvalue weighted by atomic mass is 9.92. The summed E-state index contributed by atoms with van der Waals surface area (Å²) in [4.78, 5) is 2.54. The maximum absolute atomic E-state index is 10.5. The van der Waals surface area contributed by atoms with Crippen molar-refractivity contribution in [1.29, 1.82) is 0 Å². The molecule has 1 aromatic carbocycles. The van der Waals surface area contributed by atoms with Crippen LogP contribution in [-0.4, -0.2) is 42.4 Å². The van der Waals surface area contributed by atoms with E-state index in [1.165, 1.54) is 19.3 Å². The topological polar surface area (TPSA) is 32.7 Å². The molecular formula is C19H27NO2. The van der Waals surface area contributed by atoms with Crippen LogP contribution in [0.5, 0.6) is 0 Å². The van der Waals surface area contributed by atoms with Gasteiger partial charge in [0.1, 0.15) is 0 Å². The molecule has 22 heavy (non-hydrogen) atoms. The first-order valence-corrected chi connectivity index (χ1v) is 8.52. The third-order valence-corrected chi connectivity index (χ3v) is 4.90. The lowest BCUT2D eigenvalue weighted by molar-refractivity contribution is -0.0325. The van der Waals surface area contributed by atoms with E-state index in [9.17, 15) is 5.11 Å². The Hall–Kier alpha value is -1.16. The number of hydrogen-bond acceptors (Lipinski definition) is 3. The number of rotatable bonds is 5. The number of ether oxygens (including phenoxy) is 1. The van der Waals surface area contributed by atoms with Crippen molar-refractivity contribution in [3.05, 3.63) is 48.0 Å². The highest BCUT2D eigenvalue weighted by Gasteiger charge is 2.27. The predicted octanol–water partition coefficient (Wildman–Crippen LogP) is 3.17. The Balaban J connectivity index is 1.58. The molecule has 2 aliphatic rings. The van der Waals surface area contributed by atoms with E-state index in [2.05, 4.69) is 17.1 Å². The summed E-state index contributed by atoms with van der Waals surface area (Å²) in [6, 6.07) is 10.3. The number of hydrogen-bond donors (Lipinski definition) is 1. The van der Waals surface area contributed by atoms with Gasteiger partial charge in [0.2, 0.25) is 0 Å². The minimum atomic E-state index is -0.401. The number of aliphatic hydroxyl groups excluding tert-OH is 1. The molecule has 1 heterocycles. The van der Waals surface area contributed by atoms with Crippen LogP contribution in [-0.2, 0) is 4.74 Å². The Morgan fingerprint density at radius 2 is 2.09 bits per heavy atom. The van der Waals surface area contributed by atoms with E-state index in [4.69, 9.17) is 4.74 Å². The van der Waals surface area contributed by atoms with E-state index in [1.54, 1.807) is 0 Å². The van der Waals surface area contributed by atoms with Gasteiger partial charge in [-0.05, 0) is 37.2 Å². The molecule has 0 amide bonds. The van der Waals surface area contributed by atoms with E-state index in [0.29, 0.717) is 6.04 Å². The van der Waals surface area contributed by atoms with Gasteiger partial charge in [-0.15, -0.1) is 0 Å². The minimum Gasteiger partial charge on any atom is -0.388 e. The second-order valence-electron chi connectivity index (χ2n) is 6.54. The molecule has 0 bridgehead atoms. The minimum absolute atomic E-state index is 0.329. The van der Waals surface area contributed by atoms with Crippen molar-refractivity contribution in [2.24, 2.45) is 5.92 Å². The van der Waals surface area contributed by atoms with Gasteiger partial charge in [-0.1, -0.05) is 42.5 Å². The van der Waals surface area contributed by atoms with E-state index < -0.39 is 6.10 Å². The molecule has 3 rings (SSSR count). The summed E-state index contributed by atoms with van der Waals surface area (Å²) in [5.74, 6) is 0.763. The second kappa shape index (κ2) is 7.91.